The first-order valence-electron chi connectivity index (χ1n) is 4.91. The molecule has 2 rings (SSSR count). The molecule has 1 aromatic heterocycles. The lowest BCUT2D eigenvalue weighted by Gasteiger charge is -2.09. The smallest absolute Gasteiger partial charge is 0.275 e. The number of rotatable bonds is 2. The molecule has 0 saturated heterocycles. The Bertz CT molecular complexity index is 611. The molecule has 0 atom stereocenters. The Morgan fingerprint density at radius 3 is 2.26 bits per heavy atom. The lowest BCUT2D eigenvalue weighted by atomic mass is 10.3. The van der Waals surface area contributed by atoms with Gasteiger partial charge in [-0.15, -0.1) is 0 Å². The van der Waals surface area contributed by atoms with Crippen molar-refractivity contribution in [2.75, 3.05) is 5.32 Å². The van der Waals surface area contributed by atoms with Crippen LogP contribution in [0.4, 0.5) is 5.69 Å². The van der Waals surface area contributed by atoms with Crippen LogP contribution in [0.15, 0.2) is 37.9 Å². The summed E-state index contributed by atoms with van der Waals surface area (Å²) < 4.78 is 2.36. The zero-order chi connectivity index (χ0) is 14.0. The number of benzene rings is 1. The number of carbonyl (C=O) groups is 1. The number of carbonyl (C=O) groups excluding carboxylic acids is 1. The molecule has 4 nitrogen and oxygen atoms in total. The molecule has 0 fully saturated rings. The zero-order valence-electron chi connectivity index (χ0n) is 9.12. The van der Waals surface area contributed by atoms with Gasteiger partial charge in [-0.05, 0) is 44.0 Å². The van der Waals surface area contributed by atoms with Gasteiger partial charge in [0.25, 0.3) is 5.91 Å². The average Bonchev–Trinajstić information content (AvgIpc) is 2.34. The normalized spacial score (nSPS) is 10.3. The number of anilines is 1. The average molecular weight is 470 g/mol. The maximum atomic E-state index is 12.0. The van der Waals surface area contributed by atoms with Crippen molar-refractivity contribution < 1.29 is 4.79 Å². The van der Waals surface area contributed by atoms with Crippen LogP contribution < -0.4 is 5.32 Å². The Kier molecular flexibility index (Phi) is 4.94. The van der Waals surface area contributed by atoms with Gasteiger partial charge in [0.05, 0.1) is 18.1 Å². The maximum absolute atomic E-state index is 12.0. The van der Waals surface area contributed by atoms with E-state index in [1.54, 1.807) is 0 Å². The fourth-order valence-corrected chi connectivity index (χ4v) is 3.82. The predicted octanol–water partition coefficient (Wildman–Crippen LogP) is 4.67. The van der Waals surface area contributed by atoms with Crippen LogP contribution in [0, 0.1) is 0 Å². The molecule has 0 aliphatic heterocycles. The molecule has 98 valence electrons. The van der Waals surface area contributed by atoms with E-state index < -0.39 is 0 Å². The molecule has 19 heavy (non-hydrogen) atoms. The number of nitrogens with zero attached hydrogens (tertiary/aromatic N) is 2. The topological polar surface area (TPSA) is 54.9 Å². The maximum Gasteiger partial charge on any atom is 0.275 e. The quantitative estimate of drug-likeness (QED) is 0.694. The van der Waals surface area contributed by atoms with E-state index in [4.69, 9.17) is 11.6 Å². The minimum atomic E-state index is -0.368. The summed E-state index contributed by atoms with van der Waals surface area (Å²) in [5.74, 6) is -0.368. The van der Waals surface area contributed by atoms with E-state index in [2.05, 4.69) is 63.1 Å². The minimum Gasteiger partial charge on any atom is -0.319 e. The number of aromatic nitrogens is 2. The van der Waals surface area contributed by atoms with Crippen LogP contribution in [0.3, 0.4) is 0 Å². The Morgan fingerprint density at radius 2 is 1.74 bits per heavy atom. The van der Waals surface area contributed by atoms with E-state index >= 15 is 0 Å². The Balaban J connectivity index is 2.26. The van der Waals surface area contributed by atoms with E-state index in [0.29, 0.717) is 5.69 Å². The van der Waals surface area contributed by atoms with Crippen LogP contribution in [0.1, 0.15) is 10.5 Å². The third kappa shape index (κ3) is 3.75. The van der Waals surface area contributed by atoms with Gasteiger partial charge in [0, 0.05) is 13.4 Å². The van der Waals surface area contributed by atoms with Crippen LogP contribution >= 0.6 is 59.4 Å². The molecule has 0 bridgehead atoms. The van der Waals surface area contributed by atoms with Crippen molar-refractivity contribution in [1.29, 1.82) is 0 Å². The van der Waals surface area contributed by atoms with E-state index in [0.717, 1.165) is 13.4 Å². The lowest BCUT2D eigenvalue weighted by Crippen LogP contribution is -2.14. The molecule has 1 amide bonds. The lowest BCUT2D eigenvalue weighted by molar-refractivity contribution is 0.102. The van der Waals surface area contributed by atoms with Gasteiger partial charge in [-0.2, -0.15) is 0 Å². The van der Waals surface area contributed by atoms with Gasteiger partial charge < -0.3 is 5.32 Å². The van der Waals surface area contributed by atoms with E-state index in [9.17, 15) is 4.79 Å². The van der Waals surface area contributed by atoms with Gasteiger partial charge in [0.1, 0.15) is 10.8 Å². The first kappa shape index (κ1) is 14.9. The molecule has 0 aliphatic carbocycles. The van der Waals surface area contributed by atoms with Crippen LogP contribution in [0.5, 0.6) is 0 Å². The van der Waals surface area contributed by atoms with Crippen LogP contribution in [-0.4, -0.2) is 15.9 Å². The van der Waals surface area contributed by atoms with E-state index in [-0.39, 0.29) is 16.8 Å². The van der Waals surface area contributed by atoms with Crippen molar-refractivity contribution in [3.8, 4) is 0 Å². The Labute approximate surface area is 139 Å². The standard InChI is InChI=1S/C11H5Br3ClN3O/c12-5-1-6(13)10(7(14)2-5)18-11(19)8-3-17-9(15)4-16-8/h1-4H,(H,18,19). The van der Waals surface area contributed by atoms with Crippen molar-refractivity contribution in [3.63, 3.8) is 0 Å². The fourth-order valence-electron chi connectivity index (χ4n) is 1.27. The molecule has 0 unspecified atom stereocenters. The number of hydrogen-bond donors (Lipinski definition) is 1. The third-order valence-electron chi connectivity index (χ3n) is 2.10. The summed E-state index contributed by atoms with van der Waals surface area (Å²) in [6.45, 7) is 0. The molecule has 8 heteroatoms. The van der Waals surface area contributed by atoms with Gasteiger partial charge in [-0.3, -0.25) is 4.79 Å². The summed E-state index contributed by atoms with van der Waals surface area (Å²) in [4.78, 5) is 19.7. The summed E-state index contributed by atoms with van der Waals surface area (Å²) in [5.41, 5.74) is 0.802. The van der Waals surface area contributed by atoms with E-state index in [1.807, 2.05) is 12.1 Å². The second kappa shape index (κ2) is 6.30. The Hall–Kier alpha value is -0.500. The molecule has 0 saturated carbocycles. The van der Waals surface area contributed by atoms with Crippen molar-refractivity contribution >= 4 is 71.0 Å². The van der Waals surface area contributed by atoms with Gasteiger partial charge >= 0.3 is 0 Å². The number of halogens is 4. The number of nitrogens with one attached hydrogen (secondary N) is 1. The van der Waals surface area contributed by atoms with Crippen LogP contribution in [0.2, 0.25) is 5.15 Å². The van der Waals surface area contributed by atoms with E-state index in [1.165, 1.54) is 12.4 Å². The fraction of sp³-hybridized carbons (Fsp3) is 0. The summed E-state index contributed by atoms with van der Waals surface area (Å²) in [6.07, 6.45) is 2.64. The largest absolute Gasteiger partial charge is 0.319 e. The first-order valence-corrected chi connectivity index (χ1v) is 7.66. The molecular weight excluding hydrogens is 465 g/mol. The van der Waals surface area contributed by atoms with Crippen molar-refractivity contribution in [1.82, 2.24) is 9.97 Å². The molecular formula is C11H5Br3ClN3O. The molecule has 0 spiro atoms. The third-order valence-corrected chi connectivity index (χ3v) is 4.00. The van der Waals surface area contributed by atoms with Crippen LogP contribution in [0.25, 0.3) is 0 Å². The van der Waals surface area contributed by atoms with Crippen molar-refractivity contribution in [3.05, 3.63) is 48.8 Å². The Morgan fingerprint density at radius 1 is 1.11 bits per heavy atom. The monoisotopic (exact) mass is 467 g/mol. The highest BCUT2D eigenvalue weighted by molar-refractivity contribution is 9.11. The molecule has 2 aromatic rings. The molecule has 0 aliphatic rings. The number of amides is 1. The molecule has 1 N–H and O–H groups in total. The highest BCUT2D eigenvalue weighted by Crippen LogP contribution is 2.34. The second-order valence-corrected chi connectivity index (χ2v) is 6.43. The summed E-state index contributed by atoms with van der Waals surface area (Å²) in [7, 11) is 0. The summed E-state index contributed by atoms with van der Waals surface area (Å²) >= 11 is 15.7. The molecule has 0 radical (unpaired) electrons. The first-order chi connectivity index (χ1) is 8.97. The van der Waals surface area contributed by atoms with Gasteiger partial charge in [0.15, 0.2) is 0 Å². The number of hydrogen-bond acceptors (Lipinski definition) is 3. The molecule has 1 heterocycles. The van der Waals surface area contributed by atoms with Gasteiger partial charge in [0.2, 0.25) is 0 Å². The zero-order valence-corrected chi connectivity index (χ0v) is 14.6. The minimum absolute atomic E-state index is 0.186. The highest BCUT2D eigenvalue weighted by atomic mass is 79.9. The van der Waals surface area contributed by atoms with Gasteiger partial charge in [-0.25, -0.2) is 9.97 Å². The SMILES string of the molecule is O=C(Nc1c(Br)cc(Br)cc1Br)c1cnc(Cl)cn1. The van der Waals surface area contributed by atoms with Crippen LogP contribution in [-0.2, 0) is 0 Å². The molecule has 1 aromatic carbocycles. The predicted molar refractivity (Wildman–Crippen MR) is 84.5 cm³/mol. The summed E-state index contributed by atoms with van der Waals surface area (Å²) in [6, 6.07) is 3.65. The summed E-state index contributed by atoms with van der Waals surface area (Å²) in [5, 5.41) is 2.98. The second-order valence-electron chi connectivity index (χ2n) is 3.42. The van der Waals surface area contributed by atoms with Gasteiger partial charge in [-0.1, -0.05) is 27.5 Å². The highest BCUT2D eigenvalue weighted by Gasteiger charge is 2.13. The van der Waals surface area contributed by atoms with Crippen molar-refractivity contribution in [2.24, 2.45) is 0 Å². The van der Waals surface area contributed by atoms with Crippen molar-refractivity contribution in [2.45, 2.75) is 0 Å².